The molecule has 0 saturated heterocycles. The number of rotatable bonds is 3. The lowest BCUT2D eigenvalue weighted by Gasteiger charge is -2.10. The second kappa shape index (κ2) is 4.97. The molecule has 0 saturated carbocycles. The van der Waals surface area contributed by atoms with E-state index in [1.54, 1.807) is 11.4 Å². The van der Waals surface area contributed by atoms with Crippen molar-refractivity contribution in [2.45, 2.75) is 4.21 Å². The van der Waals surface area contributed by atoms with Crippen LogP contribution in [0.3, 0.4) is 0 Å². The third-order valence-electron chi connectivity index (χ3n) is 2.06. The zero-order valence-electron chi connectivity index (χ0n) is 8.85. The predicted molar refractivity (Wildman–Crippen MR) is 76.0 cm³/mol. The first-order valence-electron chi connectivity index (χ1n) is 4.71. The summed E-state index contributed by atoms with van der Waals surface area (Å²) in [5.41, 5.74) is 6.03. The van der Waals surface area contributed by atoms with E-state index in [2.05, 4.69) is 4.72 Å². The summed E-state index contributed by atoms with van der Waals surface area (Å²) in [7, 11) is -3.67. The lowest BCUT2D eigenvalue weighted by molar-refractivity contribution is 0.603. The SMILES string of the molecule is Nc1cc(Cl)c(NS(=O)(=O)c2cccs2)c(Cl)c1. The second-order valence-electron chi connectivity index (χ2n) is 3.40. The van der Waals surface area contributed by atoms with Crippen molar-refractivity contribution in [2.75, 3.05) is 10.5 Å². The van der Waals surface area contributed by atoms with Crippen LogP contribution in [0.2, 0.25) is 10.0 Å². The van der Waals surface area contributed by atoms with Gasteiger partial charge in [-0.15, -0.1) is 11.3 Å². The van der Waals surface area contributed by atoms with E-state index in [1.165, 1.54) is 18.2 Å². The fraction of sp³-hybridized carbons (Fsp3) is 0. The summed E-state index contributed by atoms with van der Waals surface area (Å²) in [4.78, 5) is 0. The van der Waals surface area contributed by atoms with Crippen LogP contribution in [0.5, 0.6) is 0 Å². The average Bonchev–Trinajstić information content (AvgIpc) is 2.77. The zero-order valence-corrected chi connectivity index (χ0v) is 12.0. The lowest BCUT2D eigenvalue weighted by Crippen LogP contribution is -2.12. The maximum atomic E-state index is 12.0. The first kappa shape index (κ1) is 13.5. The van der Waals surface area contributed by atoms with Crippen molar-refractivity contribution in [1.82, 2.24) is 0 Å². The Hall–Kier alpha value is -0.950. The summed E-state index contributed by atoms with van der Waals surface area (Å²) in [6.07, 6.45) is 0. The van der Waals surface area contributed by atoms with E-state index in [1.807, 2.05) is 0 Å². The second-order valence-corrected chi connectivity index (χ2v) is 7.07. The maximum Gasteiger partial charge on any atom is 0.271 e. The summed E-state index contributed by atoms with van der Waals surface area (Å²) in [5.74, 6) is 0. The number of nitrogens with one attached hydrogen (secondary N) is 1. The van der Waals surface area contributed by atoms with Gasteiger partial charge >= 0.3 is 0 Å². The number of hydrogen-bond donors (Lipinski definition) is 2. The Morgan fingerprint density at radius 1 is 1.22 bits per heavy atom. The molecule has 0 aliphatic heterocycles. The molecular formula is C10H8Cl2N2O2S2. The first-order valence-corrected chi connectivity index (χ1v) is 7.83. The minimum absolute atomic E-state index is 0.126. The smallest absolute Gasteiger partial charge is 0.271 e. The molecule has 1 aromatic carbocycles. The largest absolute Gasteiger partial charge is 0.399 e. The molecular weight excluding hydrogens is 315 g/mol. The number of hydrogen-bond acceptors (Lipinski definition) is 4. The number of benzene rings is 1. The molecule has 0 atom stereocenters. The minimum Gasteiger partial charge on any atom is -0.399 e. The van der Waals surface area contributed by atoms with Crippen LogP contribution in [0, 0.1) is 0 Å². The lowest BCUT2D eigenvalue weighted by atomic mass is 10.3. The molecule has 1 aromatic heterocycles. The number of anilines is 2. The highest BCUT2D eigenvalue weighted by Crippen LogP contribution is 2.34. The van der Waals surface area contributed by atoms with Gasteiger partial charge in [0.15, 0.2) is 0 Å². The van der Waals surface area contributed by atoms with Crippen molar-refractivity contribution in [1.29, 1.82) is 0 Å². The molecule has 0 radical (unpaired) electrons. The van der Waals surface area contributed by atoms with Gasteiger partial charge in [0.25, 0.3) is 10.0 Å². The molecule has 4 nitrogen and oxygen atoms in total. The fourth-order valence-corrected chi connectivity index (χ4v) is 4.10. The van der Waals surface area contributed by atoms with Crippen LogP contribution in [-0.2, 0) is 10.0 Å². The summed E-state index contributed by atoms with van der Waals surface area (Å²) in [6.45, 7) is 0. The molecule has 0 fully saturated rings. The monoisotopic (exact) mass is 322 g/mol. The van der Waals surface area contributed by atoms with Gasteiger partial charge in [0.05, 0.1) is 15.7 Å². The summed E-state index contributed by atoms with van der Waals surface area (Å²) >= 11 is 12.9. The molecule has 0 bridgehead atoms. The van der Waals surface area contributed by atoms with E-state index in [0.29, 0.717) is 5.69 Å². The van der Waals surface area contributed by atoms with Gasteiger partial charge in [-0.1, -0.05) is 29.3 Å². The molecule has 18 heavy (non-hydrogen) atoms. The topological polar surface area (TPSA) is 72.2 Å². The average molecular weight is 323 g/mol. The highest BCUT2D eigenvalue weighted by molar-refractivity contribution is 7.94. The van der Waals surface area contributed by atoms with E-state index in [4.69, 9.17) is 28.9 Å². The van der Waals surface area contributed by atoms with Crippen molar-refractivity contribution >= 4 is 55.9 Å². The maximum absolute atomic E-state index is 12.0. The molecule has 0 aliphatic carbocycles. The number of nitrogens with two attached hydrogens (primary N) is 1. The van der Waals surface area contributed by atoms with E-state index >= 15 is 0 Å². The van der Waals surface area contributed by atoms with Gasteiger partial charge in [-0.25, -0.2) is 8.42 Å². The molecule has 0 amide bonds. The Kier molecular flexibility index (Phi) is 3.72. The van der Waals surface area contributed by atoms with Crippen molar-refractivity contribution in [2.24, 2.45) is 0 Å². The van der Waals surface area contributed by atoms with Gasteiger partial charge in [0.2, 0.25) is 0 Å². The Morgan fingerprint density at radius 3 is 2.33 bits per heavy atom. The van der Waals surface area contributed by atoms with Crippen LogP contribution in [0.1, 0.15) is 0 Å². The van der Waals surface area contributed by atoms with Gasteiger partial charge in [0.1, 0.15) is 4.21 Å². The van der Waals surface area contributed by atoms with E-state index in [-0.39, 0.29) is 19.9 Å². The van der Waals surface area contributed by atoms with E-state index < -0.39 is 10.0 Å². The van der Waals surface area contributed by atoms with Gasteiger partial charge in [-0.3, -0.25) is 4.72 Å². The molecule has 2 rings (SSSR count). The third-order valence-corrected chi connectivity index (χ3v) is 5.40. The molecule has 2 aromatic rings. The quantitative estimate of drug-likeness (QED) is 0.850. The van der Waals surface area contributed by atoms with Crippen LogP contribution in [-0.4, -0.2) is 8.42 Å². The molecule has 0 spiro atoms. The highest BCUT2D eigenvalue weighted by atomic mass is 35.5. The fourth-order valence-electron chi connectivity index (χ4n) is 1.29. The van der Waals surface area contributed by atoms with Crippen LogP contribution in [0.25, 0.3) is 0 Å². The zero-order chi connectivity index (χ0) is 13.3. The number of nitrogen functional groups attached to an aromatic ring is 1. The molecule has 0 unspecified atom stereocenters. The van der Waals surface area contributed by atoms with Crippen LogP contribution >= 0.6 is 34.5 Å². The molecule has 0 aliphatic rings. The summed E-state index contributed by atoms with van der Waals surface area (Å²) in [6, 6.07) is 6.00. The number of halogens is 2. The Balaban J connectivity index is 2.42. The van der Waals surface area contributed by atoms with E-state index in [0.717, 1.165) is 11.3 Å². The number of thiophene rings is 1. The van der Waals surface area contributed by atoms with Crippen molar-refractivity contribution < 1.29 is 8.42 Å². The third kappa shape index (κ3) is 2.72. The minimum atomic E-state index is -3.67. The predicted octanol–water partition coefficient (Wildman–Crippen LogP) is 3.44. The normalized spacial score (nSPS) is 11.4. The van der Waals surface area contributed by atoms with Gasteiger partial charge in [-0.05, 0) is 23.6 Å². The highest BCUT2D eigenvalue weighted by Gasteiger charge is 2.18. The van der Waals surface area contributed by atoms with Crippen molar-refractivity contribution in [3.05, 3.63) is 39.7 Å². The van der Waals surface area contributed by atoms with Crippen molar-refractivity contribution in [3.8, 4) is 0 Å². The van der Waals surface area contributed by atoms with Crippen molar-refractivity contribution in [3.63, 3.8) is 0 Å². The number of sulfonamides is 1. The van der Waals surface area contributed by atoms with Crippen LogP contribution in [0.15, 0.2) is 33.9 Å². The standard InChI is InChI=1S/C10H8Cl2N2O2S2/c11-7-4-6(13)5-8(12)10(7)14-18(15,16)9-2-1-3-17-9/h1-5,14H,13H2. The summed E-state index contributed by atoms with van der Waals surface area (Å²) < 4.78 is 26.5. The molecule has 96 valence electrons. The first-order chi connectivity index (χ1) is 8.40. The van der Waals surface area contributed by atoms with E-state index in [9.17, 15) is 8.42 Å². The Labute approximate surface area is 118 Å². The van der Waals surface area contributed by atoms with Gasteiger partial charge in [0, 0.05) is 5.69 Å². The van der Waals surface area contributed by atoms with Crippen LogP contribution < -0.4 is 10.5 Å². The Morgan fingerprint density at radius 2 is 1.83 bits per heavy atom. The Bertz CT molecular complexity index is 646. The summed E-state index contributed by atoms with van der Waals surface area (Å²) in [5, 5.41) is 1.97. The molecule has 3 N–H and O–H groups in total. The van der Waals surface area contributed by atoms with Gasteiger partial charge < -0.3 is 5.73 Å². The van der Waals surface area contributed by atoms with Crippen LogP contribution in [0.4, 0.5) is 11.4 Å². The van der Waals surface area contributed by atoms with Gasteiger partial charge in [-0.2, -0.15) is 0 Å². The molecule has 8 heteroatoms. The molecule has 1 heterocycles.